The van der Waals surface area contributed by atoms with Gasteiger partial charge in [0.1, 0.15) is 0 Å². The Bertz CT molecular complexity index is 814. The first-order valence-electron chi connectivity index (χ1n) is 7.99. The highest BCUT2D eigenvalue weighted by molar-refractivity contribution is 6.01. The Balaban J connectivity index is 2.00. The number of nitrogens with zero attached hydrogens (tertiary/aromatic N) is 1. The molecule has 0 aliphatic carbocycles. The fraction of sp³-hybridized carbons (Fsp3) is 0.316. The van der Waals surface area contributed by atoms with E-state index in [1.54, 1.807) is 29.2 Å². The van der Waals surface area contributed by atoms with Crippen molar-refractivity contribution in [3.63, 3.8) is 0 Å². The number of ether oxygens (including phenoxy) is 4. The molecule has 6 nitrogen and oxygen atoms in total. The van der Waals surface area contributed by atoms with Crippen LogP contribution in [0, 0.1) is 5.82 Å². The molecule has 1 atom stereocenters. The summed E-state index contributed by atoms with van der Waals surface area (Å²) in [4.78, 5) is 13.9. The average molecular weight is 361 g/mol. The first-order chi connectivity index (χ1) is 12.5. The van der Waals surface area contributed by atoms with E-state index in [1.807, 2.05) is 0 Å². The van der Waals surface area contributed by atoms with Crippen LogP contribution in [-0.4, -0.2) is 34.3 Å². The van der Waals surface area contributed by atoms with Crippen LogP contribution in [-0.2, 0) is 4.79 Å². The lowest BCUT2D eigenvalue weighted by Crippen LogP contribution is -2.46. The van der Waals surface area contributed by atoms with E-state index < -0.39 is 5.82 Å². The number of carbonyl (C=O) groups excluding carboxylic acids is 1. The highest BCUT2D eigenvalue weighted by Gasteiger charge is 2.39. The van der Waals surface area contributed by atoms with E-state index in [9.17, 15) is 9.18 Å². The minimum absolute atomic E-state index is 0.0690. The molecule has 2 aromatic rings. The fourth-order valence-electron chi connectivity index (χ4n) is 3.10. The van der Waals surface area contributed by atoms with Crippen molar-refractivity contribution in [2.45, 2.75) is 12.5 Å². The lowest BCUT2D eigenvalue weighted by atomic mass is 9.92. The van der Waals surface area contributed by atoms with Crippen molar-refractivity contribution in [1.82, 2.24) is 0 Å². The maximum absolute atomic E-state index is 14.0. The Morgan fingerprint density at radius 3 is 2.00 bits per heavy atom. The van der Waals surface area contributed by atoms with Crippen LogP contribution in [0.25, 0.3) is 0 Å². The number of carbonyl (C=O) groups is 1. The molecular weight excluding hydrogens is 341 g/mol. The molecule has 7 heteroatoms. The maximum Gasteiger partial charge on any atom is 0.230 e. The van der Waals surface area contributed by atoms with E-state index in [4.69, 9.17) is 18.9 Å². The van der Waals surface area contributed by atoms with Gasteiger partial charge in [-0.15, -0.1) is 0 Å². The van der Waals surface area contributed by atoms with Gasteiger partial charge in [-0.2, -0.15) is 0 Å². The van der Waals surface area contributed by atoms with E-state index in [0.717, 1.165) is 0 Å². The van der Waals surface area contributed by atoms with Crippen LogP contribution < -0.4 is 23.8 Å². The summed E-state index contributed by atoms with van der Waals surface area (Å²) >= 11 is 0. The Morgan fingerprint density at radius 1 is 0.923 bits per heavy atom. The second-order valence-electron chi connectivity index (χ2n) is 5.76. The summed E-state index contributed by atoms with van der Waals surface area (Å²) < 4.78 is 35.0. The zero-order chi connectivity index (χ0) is 18.8. The van der Waals surface area contributed by atoms with Gasteiger partial charge < -0.3 is 23.8 Å². The molecule has 1 amide bonds. The van der Waals surface area contributed by atoms with E-state index in [0.29, 0.717) is 34.9 Å². The zero-order valence-electron chi connectivity index (χ0n) is 15.0. The van der Waals surface area contributed by atoms with Crippen LogP contribution in [0.5, 0.6) is 23.0 Å². The molecule has 1 aliphatic rings. The molecule has 0 radical (unpaired) electrons. The molecule has 0 spiro atoms. The van der Waals surface area contributed by atoms with Gasteiger partial charge in [-0.05, 0) is 17.7 Å². The predicted molar refractivity (Wildman–Crippen MR) is 93.9 cm³/mol. The first kappa shape index (κ1) is 17.8. The standard InChI is InChI=1S/C19H20FNO5/c1-23-15-6-5-11(7-13(15)20)14-10-18(22)21(14)12-8-16(24-2)19(26-4)17(9-12)25-3/h5-9,14H,10H2,1-4H3/t14-/m1/s1. The molecule has 26 heavy (non-hydrogen) atoms. The number of anilines is 1. The quantitative estimate of drug-likeness (QED) is 0.739. The average Bonchev–Trinajstić information content (AvgIpc) is 2.64. The summed E-state index contributed by atoms with van der Waals surface area (Å²) in [5.41, 5.74) is 1.29. The van der Waals surface area contributed by atoms with Gasteiger partial charge >= 0.3 is 0 Å². The number of hydrogen-bond donors (Lipinski definition) is 0. The van der Waals surface area contributed by atoms with Gasteiger partial charge in [0.2, 0.25) is 11.7 Å². The lowest BCUT2D eigenvalue weighted by Gasteiger charge is -2.41. The third kappa shape index (κ3) is 2.89. The van der Waals surface area contributed by atoms with Crippen molar-refractivity contribution >= 4 is 11.6 Å². The summed E-state index contributed by atoms with van der Waals surface area (Å²) in [5.74, 6) is 0.967. The molecule has 0 unspecified atom stereocenters. The van der Waals surface area contributed by atoms with Crippen molar-refractivity contribution in [2.24, 2.45) is 0 Å². The molecule has 0 saturated carbocycles. The number of β-lactam (4-membered cyclic amide) rings is 1. The molecule has 0 bridgehead atoms. The topological polar surface area (TPSA) is 57.2 Å². The molecule has 2 aromatic carbocycles. The SMILES string of the molecule is COc1ccc([C@H]2CC(=O)N2c2cc(OC)c(OC)c(OC)c2)cc1F. The van der Waals surface area contributed by atoms with Crippen molar-refractivity contribution in [2.75, 3.05) is 33.3 Å². The van der Waals surface area contributed by atoms with Gasteiger partial charge in [-0.25, -0.2) is 4.39 Å². The van der Waals surface area contributed by atoms with E-state index in [2.05, 4.69) is 0 Å². The Labute approximate surface area is 151 Å². The molecule has 0 aromatic heterocycles. The number of benzene rings is 2. The monoisotopic (exact) mass is 361 g/mol. The predicted octanol–water partition coefficient (Wildman–Crippen LogP) is 3.34. The van der Waals surface area contributed by atoms with Crippen LogP contribution in [0.1, 0.15) is 18.0 Å². The second kappa shape index (κ2) is 7.11. The molecular formula is C19H20FNO5. The number of rotatable bonds is 6. The van der Waals surface area contributed by atoms with Gasteiger partial charge in [0, 0.05) is 12.1 Å². The van der Waals surface area contributed by atoms with Gasteiger partial charge in [0.05, 0.1) is 46.6 Å². The molecule has 0 N–H and O–H groups in total. The van der Waals surface area contributed by atoms with Crippen LogP contribution in [0.2, 0.25) is 0 Å². The van der Waals surface area contributed by atoms with Crippen LogP contribution in [0.15, 0.2) is 30.3 Å². The second-order valence-corrected chi connectivity index (χ2v) is 5.76. The van der Waals surface area contributed by atoms with Crippen LogP contribution in [0.3, 0.4) is 0 Å². The maximum atomic E-state index is 14.0. The molecule has 3 rings (SSSR count). The highest BCUT2D eigenvalue weighted by Crippen LogP contribution is 2.46. The van der Waals surface area contributed by atoms with E-state index >= 15 is 0 Å². The number of methoxy groups -OCH3 is 4. The van der Waals surface area contributed by atoms with Gasteiger partial charge in [0.25, 0.3) is 0 Å². The van der Waals surface area contributed by atoms with Gasteiger partial charge in [0.15, 0.2) is 23.1 Å². The van der Waals surface area contributed by atoms with Crippen molar-refractivity contribution in [3.8, 4) is 23.0 Å². The third-order valence-corrected chi connectivity index (χ3v) is 4.44. The Morgan fingerprint density at radius 2 is 1.54 bits per heavy atom. The number of hydrogen-bond acceptors (Lipinski definition) is 5. The van der Waals surface area contributed by atoms with E-state index in [1.165, 1.54) is 34.5 Å². The highest BCUT2D eigenvalue weighted by atomic mass is 19.1. The Hall–Kier alpha value is -2.96. The smallest absolute Gasteiger partial charge is 0.230 e. The lowest BCUT2D eigenvalue weighted by molar-refractivity contribution is -0.124. The first-order valence-corrected chi connectivity index (χ1v) is 7.99. The molecule has 1 fully saturated rings. The normalized spacial score (nSPS) is 16.1. The summed E-state index contributed by atoms with van der Waals surface area (Å²) in [5, 5.41) is 0. The van der Waals surface area contributed by atoms with Crippen LogP contribution >= 0.6 is 0 Å². The largest absolute Gasteiger partial charge is 0.494 e. The molecule has 1 aliphatic heterocycles. The summed E-state index contributed by atoms with van der Waals surface area (Å²) in [6.45, 7) is 0. The summed E-state index contributed by atoms with van der Waals surface area (Å²) in [7, 11) is 5.94. The molecule has 138 valence electrons. The third-order valence-electron chi connectivity index (χ3n) is 4.44. The summed E-state index contributed by atoms with van der Waals surface area (Å²) in [6.07, 6.45) is 0.294. The number of amides is 1. The number of halogens is 1. The fourth-order valence-corrected chi connectivity index (χ4v) is 3.10. The van der Waals surface area contributed by atoms with Crippen molar-refractivity contribution in [1.29, 1.82) is 0 Å². The van der Waals surface area contributed by atoms with E-state index in [-0.39, 0.29) is 17.7 Å². The Kier molecular flexibility index (Phi) is 4.88. The molecule has 1 saturated heterocycles. The minimum atomic E-state index is -0.464. The zero-order valence-corrected chi connectivity index (χ0v) is 15.0. The van der Waals surface area contributed by atoms with Crippen molar-refractivity contribution < 1.29 is 28.1 Å². The van der Waals surface area contributed by atoms with Gasteiger partial charge in [-0.3, -0.25) is 4.79 Å². The van der Waals surface area contributed by atoms with Gasteiger partial charge in [-0.1, -0.05) is 6.07 Å². The minimum Gasteiger partial charge on any atom is -0.494 e. The molecule has 1 heterocycles. The van der Waals surface area contributed by atoms with Crippen molar-refractivity contribution in [3.05, 3.63) is 41.7 Å². The summed E-state index contributed by atoms with van der Waals surface area (Å²) in [6, 6.07) is 7.83. The van der Waals surface area contributed by atoms with Crippen LogP contribution in [0.4, 0.5) is 10.1 Å².